The second-order valence-corrected chi connectivity index (χ2v) is 6.14. The topological polar surface area (TPSA) is 84.9 Å². The summed E-state index contributed by atoms with van der Waals surface area (Å²) >= 11 is 0. The van der Waals surface area contributed by atoms with Crippen molar-refractivity contribution in [2.75, 3.05) is 18.5 Å². The highest BCUT2D eigenvalue weighted by Gasteiger charge is 2.13. The number of amides is 1. The highest BCUT2D eigenvalue weighted by Crippen LogP contribution is 2.26. The number of hydrogen-bond donors (Lipinski definition) is 2. The predicted molar refractivity (Wildman–Crippen MR) is 96.8 cm³/mol. The van der Waals surface area contributed by atoms with Crippen molar-refractivity contribution in [3.8, 4) is 11.5 Å². The van der Waals surface area contributed by atoms with Gasteiger partial charge in [-0.3, -0.25) is 9.59 Å². The number of carboxylic acids is 1. The minimum atomic E-state index is -0.831. The van der Waals surface area contributed by atoms with Gasteiger partial charge in [0.25, 0.3) is 0 Å². The van der Waals surface area contributed by atoms with Gasteiger partial charge < -0.3 is 19.9 Å². The van der Waals surface area contributed by atoms with Crippen LogP contribution in [0.3, 0.4) is 0 Å². The Balaban J connectivity index is 1.47. The fraction of sp³-hybridized carbons (Fsp3) is 0.300. The number of ether oxygens (including phenoxy) is 2. The van der Waals surface area contributed by atoms with E-state index < -0.39 is 5.97 Å². The van der Waals surface area contributed by atoms with Crippen LogP contribution in [0.25, 0.3) is 0 Å². The Morgan fingerprint density at radius 2 is 1.96 bits per heavy atom. The number of carboxylic acid groups (broad SMARTS) is 1. The van der Waals surface area contributed by atoms with Crippen LogP contribution in [0.4, 0.5) is 5.69 Å². The van der Waals surface area contributed by atoms with Gasteiger partial charge in [0.2, 0.25) is 5.91 Å². The molecule has 2 N–H and O–H groups in total. The molecule has 1 heterocycles. The molecule has 2 aromatic carbocycles. The maximum absolute atomic E-state index is 12.2. The number of carbonyl (C=O) groups excluding carboxylic acids is 1. The lowest BCUT2D eigenvalue weighted by Crippen LogP contribution is -2.14. The zero-order chi connectivity index (χ0) is 18.4. The molecule has 2 aromatic rings. The highest BCUT2D eigenvalue weighted by atomic mass is 16.5. The summed E-state index contributed by atoms with van der Waals surface area (Å²) in [7, 11) is 0. The van der Waals surface area contributed by atoms with E-state index in [-0.39, 0.29) is 12.3 Å². The summed E-state index contributed by atoms with van der Waals surface area (Å²) in [6.07, 6.45) is 1.74. The van der Waals surface area contributed by atoms with Crippen molar-refractivity contribution in [3.63, 3.8) is 0 Å². The van der Waals surface area contributed by atoms with Gasteiger partial charge in [-0.05, 0) is 47.9 Å². The third-order valence-electron chi connectivity index (χ3n) is 4.06. The lowest BCUT2D eigenvalue weighted by molar-refractivity contribution is -0.137. The second kappa shape index (κ2) is 8.38. The van der Waals surface area contributed by atoms with Crippen LogP contribution in [0.5, 0.6) is 11.5 Å². The Bertz CT molecular complexity index is 785. The molecule has 1 aliphatic rings. The SMILES string of the molecule is O=C(O)CCCOc1ccc(NC(=O)Cc2ccc3c(c2)CCO3)cc1. The van der Waals surface area contributed by atoms with Gasteiger partial charge in [-0.2, -0.15) is 0 Å². The lowest BCUT2D eigenvalue weighted by Gasteiger charge is -2.09. The van der Waals surface area contributed by atoms with Crippen molar-refractivity contribution < 1.29 is 24.2 Å². The van der Waals surface area contributed by atoms with Crippen molar-refractivity contribution in [1.82, 2.24) is 0 Å². The first-order valence-electron chi connectivity index (χ1n) is 8.59. The van der Waals surface area contributed by atoms with Crippen LogP contribution in [0.1, 0.15) is 24.0 Å². The predicted octanol–water partition coefficient (Wildman–Crippen LogP) is 3.05. The molecule has 1 amide bonds. The van der Waals surface area contributed by atoms with Crippen LogP contribution in [-0.4, -0.2) is 30.2 Å². The van der Waals surface area contributed by atoms with Gasteiger partial charge in [0.1, 0.15) is 11.5 Å². The number of carbonyl (C=O) groups is 2. The molecule has 0 atom stereocenters. The maximum atomic E-state index is 12.2. The number of aliphatic carboxylic acids is 1. The summed E-state index contributed by atoms with van der Waals surface area (Å²) in [5.74, 6) is 0.640. The van der Waals surface area contributed by atoms with Gasteiger partial charge in [-0.25, -0.2) is 0 Å². The Morgan fingerprint density at radius 1 is 1.15 bits per heavy atom. The number of anilines is 1. The maximum Gasteiger partial charge on any atom is 0.303 e. The molecule has 26 heavy (non-hydrogen) atoms. The van der Waals surface area contributed by atoms with Crippen LogP contribution in [-0.2, 0) is 22.4 Å². The largest absolute Gasteiger partial charge is 0.494 e. The molecule has 136 valence electrons. The number of nitrogens with one attached hydrogen (secondary N) is 1. The molecule has 0 fully saturated rings. The van der Waals surface area contributed by atoms with Gasteiger partial charge >= 0.3 is 5.97 Å². The van der Waals surface area contributed by atoms with E-state index in [2.05, 4.69) is 5.32 Å². The Hall–Kier alpha value is -3.02. The van der Waals surface area contributed by atoms with E-state index in [9.17, 15) is 9.59 Å². The molecule has 0 aliphatic carbocycles. The van der Waals surface area contributed by atoms with Gasteiger partial charge in [-0.1, -0.05) is 12.1 Å². The van der Waals surface area contributed by atoms with Crippen molar-refractivity contribution in [2.24, 2.45) is 0 Å². The Labute approximate surface area is 151 Å². The van der Waals surface area contributed by atoms with E-state index in [4.69, 9.17) is 14.6 Å². The molecule has 6 nitrogen and oxygen atoms in total. The van der Waals surface area contributed by atoms with E-state index in [0.717, 1.165) is 23.3 Å². The molecule has 3 rings (SSSR count). The van der Waals surface area contributed by atoms with Gasteiger partial charge in [0, 0.05) is 18.5 Å². The molecule has 1 aliphatic heterocycles. The van der Waals surface area contributed by atoms with E-state index in [1.807, 2.05) is 18.2 Å². The standard InChI is InChI=1S/C20H21NO5/c22-19(13-14-3-8-18-15(12-14)9-11-26-18)21-16-4-6-17(7-5-16)25-10-1-2-20(23)24/h3-8,12H,1-2,9-11,13H2,(H,21,22)(H,23,24). The summed E-state index contributed by atoms with van der Waals surface area (Å²) < 4.78 is 10.9. The fourth-order valence-corrected chi connectivity index (χ4v) is 2.79. The van der Waals surface area contributed by atoms with E-state index >= 15 is 0 Å². The molecule has 0 radical (unpaired) electrons. The van der Waals surface area contributed by atoms with Crippen LogP contribution in [0, 0.1) is 0 Å². The van der Waals surface area contributed by atoms with E-state index in [1.54, 1.807) is 24.3 Å². The number of rotatable bonds is 8. The van der Waals surface area contributed by atoms with Crippen LogP contribution in [0.2, 0.25) is 0 Å². The molecule has 0 saturated carbocycles. The summed E-state index contributed by atoms with van der Waals surface area (Å²) in [5.41, 5.74) is 2.81. The molecular weight excluding hydrogens is 334 g/mol. The van der Waals surface area contributed by atoms with Crippen LogP contribution in [0.15, 0.2) is 42.5 Å². The minimum Gasteiger partial charge on any atom is -0.494 e. The quantitative estimate of drug-likeness (QED) is 0.711. The number of benzene rings is 2. The summed E-state index contributed by atoms with van der Waals surface area (Å²) in [6, 6.07) is 12.9. The molecular formula is C20H21NO5. The summed E-state index contributed by atoms with van der Waals surface area (Å²) in [6.45, 7) is 1.05. The van der Waals surface area contributed by atoms with E-state index in [1.165, 1.54) is 0 Å². The van der Waals surface area contributed by atoms with Crippen molar-refractivity contribution in [2.45, 2.75) is 25.7 Å². The molecule has 0 saturated heterocycles. The third-order valence-corrected chi connectivity index (χ3v) is 4.06. The second-order valence-electron chi connectivity index (χ2n) is 6.14. The Morgan fingerprint density at radius 3 is 2.73 bits per heavy atom. The number of fused-ring (bicyclic) bond motifs is 1. The average molecular weight is 355 g/mol. The number of hydrogen-bond acceptors (Lipinski definition) is 4. The average Bonchev–Trinajstić information content (AvgIpc) is 3.07. The van der Waals surface area contributed by atoms with Crippen molar-refractivity contribution in [1.29, 1.82) is 0 Å². The first kappa shape index (κ1) is 17.8. The summed E-state index contributed by atoms with van der Waals surface area (Å²) in [5, 5.41) is 11.4. The molecule has 6 heteroatoms. The first-order valence-corrected chi connectivity index (χ1v) is 8.59. The van der Waals surface area contributed by atoms with Crippen molar-refractivity contribution >= 4 is 17.6 Å². The fourth-order valence-electron chi connectivity index (χ4n) is 2.79. The molecule has 0 unspecified atom stereocenters. The van der Waals surface area contributed by atoms with Gasteiger partial charge in [-0.15, -0.1) is 0 Å². The smallest absolute Gasteiger partial charge is 0.303 e. The monoisotopic (exact) mass is 355 g/mol. The first-order chi connectivity index (χ1) is 12.6. The van der Waals surface area contributed by atoms with Gasteiger partial charge in [0.05, 0.1) is 19.6 Å². The highest BCUT2D eigenvalue weighted by molar-refractivity contribution is 5.92. The molecule has 0 aromatic heterocycles. The summed E-state index contributed by atoms with van der Waals surface area (Å²) in [4.78, 5) is 22.7. The normalized spacial score (nSPS) is 12.2. The van der Waals surface area contributed by atoms with E-state index in [0.29, 0.717) is 37.5 Å². The third kappa shape index (κ3) is 4.99. The van der Waals surface area contributed by atoms with Crippen LogP contribution >= 0.6 is 0 Å². The zero-order valence-electron chi connectivity index (χ0n) is 14.4. The zero-order valence-corrected chi connectivity index (χ0v) is 14.4. The van der Waals surface area contributed by atoms with Crippen LogP contribution < -0.4 is 14.8 Å². The molecule has 0 spiro atoms. The minimum absolute atomic E-state index is 0.0843. The van der Waals surface area contributed by atoms with Crippen molar-refractivity contribution in [3.05, 3.63) is 53.6 Å². The molecule has 0 bridgehead atoms. The lowest BCUT2D eigenvalue weighted by atomic mass is 10.1. The Kier molecular flexibility index (Phi) is 5.73. The van der Waals surface area contributed by atoms with Gasteiger partial charge in [0.15, 0.2) is 0 Å².